The highest BCUT2D eigenvalue weighted by Gasteiger charge is 2.59. The van der Waals surface area contributed by atoms with Crippen LogP contribution >= 0.6 is 18.5 Å². The van der Waals surface area contributed by atoms with E-state index in [1.807, 2.05) is 0 Å². The molecule has 6 aliphatic rings. The Hall–Kier alpha value is -0.0000000000000000555. The first kappa shape index (κ1) is 24.3. The van der Waals surface area contributed by atoms with Crippen molar-refractivity contribution in [3.8, 4) is 0 Å². The average Bonchev–Trinajstić information content (AvgIpc) is 3.52. The molecule has 4 saturated carbocycles. The van der Waals surface area contributed by atoms with Crippen LogP contribution in [0.25, 0.3) is 0 Å². The monoisotopic (exact) mass is 498 g/mol. The fourth-order valence-electron chi connectivity index (χ4n) is 9.68. The highest BCUT2D eigenvalue weighted by molar-refractivity contribution is 7.18. The van der Waals surface area contributed by atoms with Gasteiger partial charge in [0.1, 0.15) is 0 Å². The summed E-state index contributed by atoms with van der Waals surface area (Å²) in [4.78, 5) is 0. The molecule has 0 radical (unpaired) electrons. The van der Waals surface area contributed by atoms with Gasteiger partial charge < -0.3 is 10.6 Å². The molecule has 0 spiro atoms. The zero-order valence-corrected chi connectivity index (χ0v) is 24.1. The lowest BCUT2D eigenvalue weighted by Crippen LogP contribution is -2.56. The summed E-state index contributed by atoms with van der Waals surface area (Å²) in [6.07, 6.45) is 11.4. The second-order valence-corrected chi connectivity index (χ2v) is 15.4. The maximum absolute atomic E-state index is 3.75. The molecule has 2 saturated heterocycles. The molecule has 34 heavy (non-hydrogen) atoms. The topological polar surface area (TPSA) is 24.1 Å². The third-order valence-corrected chi connectivity index (χ3v) is 12.9. The van der Waals surface area contributed by atoms with Crippen LogP contribution in [0.1, 0.15) is 82.4 Å². The second-order valence-electron chi connectivity index (χ2n) is 13.9. The Labute approximate surface area is 213 Å². The van der Waals surface area contributed by atoms with Crippen LogP contribution in [0, 0.1) is 35.5 Å². The number of hydrogen-bond donors (Lipinski definition) is 2. The molecular weight excluding hydrogens is 450 g/mol. The van der Waals surface area contributed by atoms with Gasteiger partial charge in [0.2, 0.25) is 0 Å². The first-order valence-electron chi connectivity index (χ1n) is 14.3. The van der Waals surface area contributed by atoms with E-state index in [1.54, 1.807) is 11.1 Å². The molecule has 1 aromatic rings. The minimum Gasteiger partial charge on any atom is -0.316 e. The Bertz CT molecular complexity index is 879. The summed E-state index contributed by atoms with van der Waals surface area (Å²) in [6, 6.07) is 7.92. The Morgan fingerprint density at radius 3 is 2.06 bits per heavy atom. The van der Waals surface area contributed by atoms with E-state index in [2.05, 4.69) is 68.1 Å². The Balaban J connectivity index is 1.56. The van der Waals surface area contributed by atoms with Crippen molar-refractivity contribution in [2.75, 3.05) is 32.3 Å². The van der Waals surface area contributed by atoms with E-state index in [0.29, 0.717) is 17.3 Å². The minimum atomic E-state index is 0.165. The molecule has 2 heterocycles. The lowest BCUT2D eigenvalue weighted by molar-refractivity contribution is -0.0525. The minimum absolute atomic E-state index is 0.165. The van der Waals surface area contributed by atoms with Crippen LogP contribution in [0.2, 0.25) is 0 Å². The molecule has 0 aromatic heterocycles. The number of rotatable bonds is 5. The standard InChI is InChI=1S/C30H48N2P2/c1-28(2,3)22-4-5-25(29-14-19-10-20(15-29)12-21(11-19)27(29)18-33)26(13-22)30(34,23-6-8-31-16-23)24-7-9-32-17-24/h4-5,13,19-21,23-24,27,31-32H,6-12,14-18,33-34H2,1-3H3. The van der Waals surface area contributed by atoms with Crippen molar-refractivity contribution in [3.63, 3.8) is 0 Å². The molecule has 4 aliphatic carbocycles. The van der Waals surface area contributed by atoms with E-state index in [9.17, 15) is 0 Å². The third kappa shape index (κ3) is 3.71. The van der Waals surface area contributed by atoms with E-state index in [-0.39, 0.29) is 10.6 Å². The van der Waals surface area contributed by atoms with Gasteiger partial charge in [-0.15, -0.1) is 18.5 Å². The lowest BCUT2D eigenvalue weighted by atomic mass is 9.43. The molecule has 7 rings (SSSR count). The molecule has 188 valence electrons. The summed E-state index contributed by atoms with van der Waals surface area (Å²) < 4.78 is 0. The maximum Gasteiger partial charge on any atom is 0.0182 e. The molecule has 4 heteroatoms. The van der Waals surface area contributed by atoms with E-state index in [4.69, 9.17) is 0 Å². The summed E-state index contributed by atoms with van der Waals surface area (Å²) in [7, 11) is 6.76. The van der Waals surface area contributed by atoms with Gasteiger partial charge in [0.15, 0.2) is 0 Å². The highest BCUT2D eigenvalue weighted by Crippen LogP contribution is 2.66. The molecule has 2 aliphatic heterocycles. The Morgan fingerprint density at radius 2 is 1.56 bits per heavy atom. The second kappa shape index (κ2) is 8.79. The third-order valence-electron chi connectivity index (χ3n) is 11.1. The SMILES string of the molecule is CC(C)(C)c1ccc(C23CC4CC(CC(C4)C2CP)C3)c(C(P)(C2CCNC2)C2CCNC2)c1. The summed E-state index contributed by atoms with van der Waals surface area (Å²) >= 11 is 0. The predicted octanol–water partition coefficient (Wildman–Crippen LogP) is 5.84. The van der Waals surface area contributed by atoms with Crippen molar-refractivity contribution < 1.29 is 0 Å². The Morgan fingerprint density at radius 1 is 0.941 bits per heavy atom. The molecule has 1 aromatic carbocycles. The fraction of sp³-hybridized carbons (Fsp3) is 0.800. The van der Waals surface area contributed by atoms with Gasteiger partial charge in [0.25, 0.3) is 0 Å². The van der Waals surface area contributed by atoms with Crippen LogP contribution in [-0.2, 0) is 16.0 Å². The zero-order valence-electron chi connectivity index (χ0n) is 21.8. The average molecular weight is 499 g/mol. The molecule has 6 fully saturated rings. The van der Waals surface area contributed by atoms with Gasteiger partial charge in [0.05, 0.1) is 0 Å². The van der Waals surface area contributed by atoms with Gasteiger partial charge in [-0.05, 0) is 140 Å². The Kier molecular flexibility index (Phi) is 6.29. The van der Waals surface area contributed by atoms with Gasteiger partial charge in [0, 0.05) is 5.16 Å². The summed E-state index contributed by atoms with van der Waals surface area (Å²) in [5.41, 5.74) is 5.63. The molecule has 7 unspecified atom stereocenters. The van der Waals surface area contributed by atoms with Crippen molar-refractivity contribution in [2.45, 2.75) is 81.7 Å². The highest BCUT2D eigenvalue weighted by atomic mass is 31.0. The zero-order chi connectivity index (χ0) is 23.7. The van der Waals surface area contributed by atoms with Gasteiger partial charge in [-0.25, -0.2) is 0 Å². The predicted molar refractivity (Wildman–Crippen MR) is 152 cm³/mol. The van der Waals surface area contributed by atoms with Gasteiger partial charge in [-0.2, -0.15) is 0 Å². The van der Waals surface area contributed by atoms with Gasteiger partial charge in [-0.1, -0.05) is 39.0 Å². The van der Waals surface area contributed by atoms with E-state index < -0.39 is 0 Å². The van der Waals surface area contributed by atoms with Crippen molar-refractivity contribution in [3.05, 3.63) is 34.9 Å². The molecule has 2 nitrogen and oxygen atoms in total. The molecule has 7 atom stereocenters. The first-order chi connectivity index (χ1) is 16.3. The number of benzene rings is 1. The summed E-state index contributed by atoms with van der Waals surface area (Å²) in [6.45, 7) is 11.9. The molecule has 2 N–H and O–H groups in total. The van der Waals surface area contributed by atoms with E-state index >= 15 is 0 Å². The van der Waals surface area contributed by atoms with E-state index in [1.165, 1.54) is 82.9 Å². The number of hydrogen-bond acceptors (Lipinski definition) is 2. The quantitative estimate of drug-likeness (QED) is 0.498. The molecule has 0 amide bonds. The summed E-state index contributed by atoms with van der Waals surface area (Å²) in [5.74, 6) is 5.17. The van der Waals surface area contributed by atoms with Crippen LogP contribution < -0.4 is 10.6 Å². The van der Waals surface area contributed by atoms with Crippen molar-refractivity contribution in [1.82, 2.24) is 10.6 Å². The van der Waals surface area contributed by atoms with Crippen LogP contribution in [0.4, 0.5) is 0 Å². The smallest absolute Gasteiger partial charge is 0.0182 e. The van der Waals surface area contributed by atoms with Crippen molar-refractivity contribution >= 4 is 18.5 Å². The maximum atomic E-state index is 3.75. The van der Waals surface area contributed by atoms with Crippen LogP contribution in [0.3, 0.4) is 0 Å². The normalized spacial score (nSPS) is 41.2. The first-order valence-corrected chi connectivity index (χ1v) is 15.7. The molecular formula is C30H48N2P2. The van der Waals surface area contributed by atoms with Crippen LogP contribution in [0.15, 0.2) is 18.2 Å². The molecule has 4 bridgehead atoms. The largest absolute Gasteiger partial charge is 0.316 e. The fourth-order valence-corrected chi connectivity index (χ4v) is 11.3. The van der Waals surface area contributed by atoms with E-state index in [0.717, 1.165) is 23.7 Å². The summed E-state index contributed by atoms with van der Waals surface area (Å²) in [5, 5.41) is 7.67. The number of nitrogens with one attached hydrogen (secondary N) is 2. The lowest BCUT2D eigenvalue weighted by Gasteiger charge is -2.62. The van der Waals surface area contributed by atoms with Crippen molar-refractivity contribution in [2.24, 2.45) is 35.5 Å². The van der Waals surface area contributed by atoms with Crippen LogP contribution in [0.5, 0.6) is 0 Å². The van der Waals surface area contributed by atoms with Gasteiger partial charge in [-0.3, -0.25) is 0 Å². The van der Waals surface area contributed by atoms with Gasteiger partial charge >= 0.3 is 0 Å². The van der Waals surface area contributed by atoms with Crippen molar-refractivity contribution in [1.29, 1.82) is 0 Å². The van der Waals surface area contributed by atoms with Crippen LogP contribution in [-0.4, -0.2) is 32.3 Å².